The van der Waals surface area contributed by atoms with Crippen molar-refractivity contribution in [2.75, 3.05) is 38.8 Å². The maximum absolute atomic E-state index is 12.1. The first-order valence-corrected chi connectivity index (χ1v) is 7.59. The largest absolute Gasteiger partial charge is 0.383 e. The van der Waals surface area contributed by atoms with Crippen LogP contribution in [0, 0.1) is 0 Å². The first-order valence-electron chi connectivity index (χ1n) is 6.19. The molecule has 0 fully saturated rings. The third kappa shape index (κ3) is 7.63. The van der Waals surface area contributed by atoms with E-state index in [1.807, 2.05) is 11.2 Å². The van der Waals surface area contributed by atoms with Crippen LogP contribution >= 0.6 is 11.8 Å². The van der Waals surface area contributed by atoms with E-state index >= 15 is 0 Å². The van der Waals surface area contributed by atoms with E-state index in [0.717, 1.165) is 31.6 Å². The van der Waals surface area contributed by atoms with Crippen molar-refractivity contribution >= 4 is 17.7 Å². The molecule has 0 radical (unpaired) electrons. The second-order valence-corrected chi connectivity index (χ2v) is 5.05. The van der Waals surface area contributed by atoms with Crippen LogP contribution < -0.4 is 5.73 Å². The van der Waals surface area contributed by atoms with Gasteiger partial charge in [0.1, 0.15) is 0 Å². The zero-order valence-corrected chi connectivity index (χ0v) is 12.1. The molecule has 0 spiro atoms. The molecule has 5 heteroatoms. The zero-order chi connectivity index (χ0) is 13.1. The molecule has 0 aliphatic heterocycles. The lowest BCUT2D eigenvalue weighted by Gasteiger charge is -2.25. The highest BCUT2D eigenvalue weighted by Crippen LogP contribution is 2.04. The zero-order valence-electron chi connectivity index (χ0n) is 11.3. The summed E-state index contributed by atoms with van der Waals surface area (Å²) < 4.78 is 5.02. The summed E-state index contributed by atoms with van der Waals surface area (Å²) in [4.78, 5) is 13.9. The topological polar surface area (TPSA) is 55.6 Å². The van der Waals surface area contributed by atoms with Crippen molar-refractivity contribution in [3.05, 3.63) is 0 Å². The van der Waals surface area contributed by atoms with E-state index in [1.54, 1.807) is 18.9 Å². The number of nitrogens with zero attached hydrogens (tertiary/aromatic N) is 1. The molecule has 1 amide bonds. The Kier molecular flexibility index (Phi) is 10.7. The van der Waals surface area contributed by atoms with Crippen molar-refractivity contribution in [2.45, 2.75) is 32.2 Å². The van der Waals surface area contributed by atoms with E-state index in [0.29, 0.717) is 13.2 Å². The molecule has 0 saturated carbocycles. The Bertz CT molecular complexity index is 195. The van der Waals surface area contributed by atoms with Crippen LogP contribution in [0.1, 0.15) is 26.2 Å². The van der Waals surface area contributed by atoms with Gasteiger partial charge < -0.3 is 15.4 Å². The fourth-order valence-corrected chi connectivity index (χ4v) is 1.98. The van der Waals surface area contributed by atoms with Crippen molar-refractivity contribution in [1.82, 2.24) is 4.90 Å². The Hall–Kier alpha value is -0.260. The van der Waals surface area contributed by atoms with Gasteiger partial charge in [0.25, 0.3) is 0 Å². The lowest BCUT2D eigenvalue weighted by molar-refractivity contribution is -0.133. The number of thioether (sulfide) groups is 1. The summed E-state index contributed by atoms with van der Waals surface area (Å²) in [5.74, 6) is 0.989. The van der Waals surface area contributed by atoms with Crippen LogP contribution in [0.4, 0.5) is 0 Å². The average molecular weight is 262 g/mol. The van der Waals surface area contributed by atoms with Crippen LogP contribution in [0.2, 0.25) is 0 Å². The number of carbonyl (C=O) groups excluding carboxylic acids is 1. The molecule has 0 rings (SSSR count). The van der Waals surface area contributed by atoms with Crippen molar-refractivity contribution in [3.63, 3.8) is 0 Å². The molecule has 17 heavy (non-hydrogen) atoms. The van der Waals surface area contributed by atoms with Gasteiger partial charge in [-0.1, -0.05) is 13.3 Å². The molecule has 0 aromatic rings. The number of ether oxygens (including phenoxy) is 1. The van der Waals surface area contributed by atoms with Crippen LogP contribution in [0.25, 0.3) is 0 Å². The van der Waals surface area contributed by atoms with Crippen LogP contribution in [0.5, 0.6) is 0 Å². The second kappa shape index (κ2) is 10.9. The number of hydrogen-bond acceptors (Lipinski definition) is 4. The molecule has 0 aliphatic rings. The predicted molar refractivity (Wildman–Crippen MR) is 74.3 cm³/mol. The van der Waals surface area contributed by atoms with E-state index in [4.69, 9.17) is 10.5 Å². The van der Waals surface area contributed by atoms with Crippen molar-refractivity contribution in [2.24, 2.45) is 5.73 Å². The molecular formula is C12H26N2O2S. The Morgan fingerprint density at radius 1 is 1.47 bits per heavy atom. The quantitative estimate of drug-likeness (QED) is 0.645. The lowest BCUT2D eigenvalue weighted by Crippen LogP contribution is -2.45. The van der Waals surface area contributed by atoms with Crippen molar-refractivity contribution in [3.8, 4) is 0 Å². The fraction of sp³-hybridized carbons (Fsp3) is 0.917. The molecular weight excluding hydrogens is 236 g/mol. The van der Waals surface area contributed by atoms with Gasteiger partial charge in [-0.25, -0.2) is 0 Å². The number of rotatable bonds is 10. The van der Waals surface area contributed by atoms with Gasteiger partial charge in [0.15, 0.2) is 0 Å². The van der Waals surface area contributed by atoms with Gasteiger partial charge in [0, 0.05) is 20.2 Å². The molecule has 0 heterocycles. The molecule has 4 nitrogen and oxygen atoms in total. The summed E-state index contributed by atoms with van der Waals surface area (Å²) in [5, 5.41) is 0. The molecule has 0 aromatic carbocycles. The second-order valence-electron chi connectivity index (χ2n) is 4.06. The summed E-state index contributed by atoms with van der Waals surface area (Å²) in [6, 6.07) is -0.365. The molecule has 0 unspecified atom stereocenters. The highest BCUT2D eigenvalue weighted by atomic mass is 32.2. The summed E-state index contributed by atoms with van der Waals surface area (Å²) >= 11 is 1.72. The van der Waals surface area contributed by atoms with Crippen LogP contribution in [0.3, 0.4) is 0 Å². The molecule has 0 bridgehead atoms. The van der Waals surface area contributed by atoms with E-state index in [-0.39, 0.29) is 11.9 Å². The minimum Gasteiger partial charge on any atom is -0.383 e. The van der Waals surface area contributed by atoms with Crippen LogP contribution in [0.15, 0.2) is 0 Å². The summed E-state index contributed by atoms with van der Waals surface area (Å²) in [6.07, 6.45) is 4.87. The van der Waals surface area contributed by atoms with Gasteiger partial charge in [-0.05, 0) is 24.9 Å². The smallest absolute Gasteiger partial charge is 0.239 e. The number of unbranched alkanes of at least 4 members (excludes halogenated alkanes) is 1. The van der Waals surface area contributed by atoms with Crippen LogP contribution in [-0.4, -0.2) is 55.7 Å². The number of hydrogen-bond donors (Lipinski definition) is 1. The maximum atomic E-state index is 12.1. The number of methoxy groups -OCH3 is 1. The van der Waals surface area contributed by atoms with Gasteiger partial charge in [0.05, 0.1) is 12.6 Å². The highest BCUT2D eigenvalue weighted by molar-refractivity contribution is 7.98. The van der Waals surface area contributed by atoms with E-state index < -0.39 is 0 Å². The van der Waals surface area contributed by atoms with Gasteiger partial charge in [-0.15, -0.1) is 0 Å². The first kappa shape index (κ1) is 16.7. The third-order valence-electron chi connectivity index (χ3n) is 2.61. The van der Waals surface area contributed by atoms with Gasteiger partial charge in [-0.3, -0.25) is 4.79 Å². The SMILES string of the molecule is CCCCN(CCOC)C(=O)[C@@H](N)CCSC. The standard InChI is InChI=1S/C12H26N2O2S/c1-4-5-7-14(8-9-16-2)12(15)11(13)6-10-17-3/h11H,4-10,13H2,1-3H3/t11-/m0/s1. The normalized spacial score (nSPS) is 12.5. The van der Waals surface area contributed by atoms with Crippen molar-refractivity contribution < 1.29 is 9.53 Å². The Labute approximate surface area is 109 Å². The third-order valence-corrected chi connectivity index (χ3v) is 3.25. The molecule has 102 valence electrons. The summed E-state index contributed by atoms with van der Waals surface area (Å²) in [6.45, 7) is 4.12. The molecule has 1 atom stereocenters. The number of carbonyl (C=O) groups is 1. The summed E-state index contributed by atoms with van der Waals surface area (Å²) in [7, 11) is 1.65. The fourth-order valence-electron chi connectivity index (χ4n) is 1.49. The minimum absolute atomic E-state index is 0.0598. The number of nitrogens with two attached hydrogens (primary N) is 1. The molecule has 0 aromatic heterocycles. The van der Waals surface area contributed by atoms with E-state index in [2.05, 4.69) is 6.92 Å². The van der Waals surface area contributed by atoms with Crippen molar-refractivity contribution in [1.29, 1.82) is 0 Å². The average Bonchev–Trinajstić information content (AvgIpc) is 2.35. The lowest BCUT2D eigenvalue weighted by atomic mass is 10.2. The molecule has 2 N–H and O–H groups in total. The Balaban J connectivity index is 4.18. The maximum Gasteiger partial charge on any atom is 0.239 e. The minimum atomic E-state index is -0.365. The van der Waals surface area contributed by atoms with E-state index in [1.165, 1.54) is 0 Å². The molecule has 0 aliphatic carbocycles. The van der Waals surface area contributed by atoms with Gasteiger partial charge in [-0.2, -0.15) is 11.8 Å². The monoisotopic (exact) mass is 262 g/mol. The first-order chi connectivity index (χ1) is 8.17. The van der Waals surface area contributed by atoms with E-state index in [9.17, 15) is 4.79 Å². The number of amides is 1. The highest BCUT2D eigenvalue weighted by Gasteiger charge is 2.19. The predicted octanol–water partition coefficient (Wildman–Crippen LogP) is 1.34. The van der Waals surface area contributed by atoms with Gasteiger partial charge in [0.2, 0.25) is 5.91 Å². The Morgan fingerprint density at radius 3 is 2.71 bits per heavy atom. The van der Waals surface area contributed by atoms with Crippen LogP contribution in [-0.2, 0) is 9.53 Å². The molecule has 0 saturated heterocycles. The van der Waals surface area contributed by atoms with Gasteiger partial charge >= 0.3 is 0 Å². The summed E-state index contributed by atoms with van der Waals surface area (Å²) in [5.41, 5.74) is 5.90. The Morgan fingerprint density at radius 2 is 2.18 bits per heavy atom.